The van der Waals surface area contributed by atoms with Crippen LogP contribution in [0.4, 0.5) is 5.69 Å². The highest BCUT2D eigenvalue weighted by Crippen LogP contribution is 2.34. The highest BCUT2D eigenvalue weighted by Gasteiger charge is 2.26. The van der Waals surface area contributed by atoms with E-state index in [0.717, 1.165) is 5.56 Å². The number of carbonyl (C=O) groups excluding carboxylic acids is 2. The molecular weight excluding hydrogens is 457 g/mol. The number of nitrogens with zero attached hydrogens (tertiary/aromatic N) is 2. The molecule has 0 fully saturated rings. The summed E-state index contributed by atoms with van der Waals surface area (Å²) in [5, 5.41) is 7.67. The van der Waals surface area contributed by atoms with Gasteiger partial charge in [-0.3, -0.25) is 4.79 Å². The van der Waals surface area contributed by atoms with E-state index >= 15 is 0 Å². The molecule has 1 aliphatic heterocycles. The second kappa shape index (κ2) is 9.10. The number of halogens is 2. The van der Waals surface area contributed by atoms with Gasteiger partial charge in [-0.05, 0) is 37.6 Å². The van der Waals surface area contributed by atoms with Crippen LogP contribution in [0.15, 0.2) is 42.5 Å². The molecule has 1 unspecified atom stereocenters. The third-order valence-corrected chi connectivity index (χ3v) is 5.59. The fourth-order valence-corrected chi connectivity index (χ4v) is 3.68. The summed E-state index contributed by atoms with van der Waals surface area (Å²) in [4.78, 5) is 25.2. The number of benzene rings is 2. The van der Waals surface area contributed by atoms with Crippen LogP contribution in [0.25, 0.3) is 0 Å². The maximum Gasteiger partial charge on any atom is 0.343 e. The number of ether oxygens (including phenoxy) is 3. The SMILES string of the molecule is Cc1nn(Cc2ccccc2Cl)c(Cl)c1C(=O)OC(C)C(=O)Nc1ccc2c(c1)OCO2. The van der Waals surface area contributed by atoms with Gasteiger partial charge >= 0.3 is 5.97 Å². The van der Waals surface area contributed by atoms with Crippen LogP contribution in [-0.4, -0.2) is 34.6 Å². The maximum atomic E-state index is 12.7. The Bertz CT molecular complexity index is 1190. The van der Waals surface area contributed by atoms with Crippen molar-refractivity contribution in [1.82, 2.24) is 9.78 Å². The van der Waals surface area contributed by atoms with E-state index in [1.807, 2.05) is 18.2 Å². The first-order chi connectivity index (χ1) is 15.3. The zero-order chi connectivity index (χ0) is 22.8. The number of hydrogen-bond acceptors (Lipinski definition) is 6. The lowest BCUT2D eigenvalue weighted by atomic mass is 10.2. The Balaban J connectivity index is 1.43. The van der Waals surface area contributed by atoms with Gasteiger partial charge in [-0.1, -0.05) is 41.4 Å². The van der Waals surface area contributed by atoms with Crippen molar-refractivity contribution in [2.24, 2.45) is 0 Å². The highest BCUT2D eigenvalue weighted by molar-refractivity contribution is 6.33. The monoisotopic (exact) mass is 475 g/mol. The van der Waals surface area contributed by atoms with E-state index in [1.165, 1.54) is 11.6 Å². The molecule has 0 spiro atoms. The van der Waals surface area contributed by atoms with Gasteiger partial charge in [0.25, 0.3) is 5.91 Å². The van der Waals surface area contributed by atoms with Crippen molar-refractivity contribution in [3.05, 3.63) is 69.5 Å². The number of aromatic nitrogens is 2. The summed E-state index contributed by atoms with van der Waals surface area (Å²) < 4.78 is 17.3. The Morgan fingerprint density at radius 2 is 1.94 bits per heavy atom. The summed E-state index contributed by atoms with van der Waals surface area (Å²) in [6, 6.07) is 12.3. The van der Waals surface area contributed by atoms with Crippen LogP contribution in [0.5, 0.6) is 11.5 Å². The number of rotatable bonds is 6. The van der Waals surface area contributed by atoms with Gasteiger partial charge < -0.3 is 19.5 Å². The largest absolute Gasteiger partial charge is 0.454 e. The van der Waals surface area contributed by atoms with E-state index in [9.17, 15) is 9.59 Å². The van der Waals surface area contributed by atoms with Crippen LogP contribution in [-0.2, 0) is 16.1 Å². The highest BCUT2D eigenvalue weighted by atomic mass is 35.5. The molecule has 0 aliphatic carbocycles. The second-order valence-electron chi connectivity index (χ2n) is 7.11. The van der Waals surface area contributed by atoms with E-state index in [1.54, 1.807) is 31.2 Å². The van der Waals surface area contributed by atoms with E-state index < -0.39 is 18.0 Å². The number of aryl methyl sites for hydroxylation is 1. The first-order valence-electron chi connectivity index (χ1n) is 9.71. The number of fused-ring (bicyclic) bond motifs is 1. The minimum Gasteiger partial charge on any atom is -0.454 e. The average molecular weight is 476 g/mol. The van der Waals surface area contributed by atoms with Crippen molar-refractivity contribution in [2.45, 2.75) is 26.5 Å². The normalized spacial score (nSPS) is 13.0. The number of anilines is 1. The van der Waals surface area contributed by atoms with Gasteiger partial charge in [0.2, 0.25) is 6.79 Å². The van der Waals surface area contributed by atoms with Gasteiger partial charge in [0.15, 0.2) is 17.6 Å². The molecule has 8 nitrogen and oxygen atoms in total. The van der Waals surface area contributed by atoms with Crippen molar-refractivity contribution >= 4 is 40.8 Å². The Morgan fingerprint density at radius 3 is 2.72 bits per heavy atom. The Hall–Kier alpha value is -3.23. The zero-order valence-electron chi connectivity index (χ0n) is 17.2. The average Bonchev–Trinajstić information content (AvgIpc) is 3.33. The zero-order valence-corrected chi connectivity index (χ0v) is 18.7. The first kappa shape index (κ1) is 22.0. The number of carbonyl (C=O) groups is 2. The Labute approximate surface area is 194 Å². The Kier molecular flexibility index (Phi) is 6.25. The van der Waals surface area contributed by atoms with Crippen molar-refractivity contribution in [1.29, 1.82) is 0 Å². The molecule has 1 aromatic heterocycles. The lowest BCUT2D eigenvalue weighted by Gasteiger charge is -2.14. The first-order valence-corrected chi connectivity index (χ1v) is 10.5. The predicted molar refractivity (Wildman–Crippen MR) is 119 cm³/mol. The molecule has 0 saturated heterocycles. The summed E-state index contributed by atoms with van der Waals surface area (Å²) in [5.74, 6) is -0.122. The van der Waals surface area contributed by atoms with Crippen molar-refractivity contribution in [3.8, 4) is 11.5 Å². The van der Waals surface area contributed by atoms with E-state index in [-0.39, 0.29) is 24.1 Å². The fraction of sp³-hybridized carbons (Fsp3) is 0.227. The number of esters is 1. The van der Waals surface area contributed by atoms with Gasteiger partial charge in [-0.25, -0.2) is 9.48 Å². The smallest absolute Gasteiger partial charge is 0.343 e. The molecule has 3 aromatic rings. The van der Waals surface area contributed by atoms with Gasteiger partial charge in [0, 0.05) is 16.8 Å². The lowest BCUT2D eigenvalue weighted by molar-refractivity contribution is -0.123. The van der Waals surface area contributed by atoms with Crippen molar-refractivity contribution < 1.29 is 23.8 Å². The fourth-order valence-electron chi connectivity index (χ4n) is 3.17. The topological polar surface area (TPSA) is 91.7 Å². The third-order valence-electron chi connectivity index (χ3n) is 4.84. The van der Waals surface area contributed by atoms with Crippen LogP contribution in [0.2, 0.25) is 10.2 Å². The number of amides is 1. The molecule has 166 valence electrons. The van der Waals surface area contributed by atoms with Gasteiger partial charge in [-0.15, -0.1) is 0 Å². The number of nitrogens with one attached hydrogen (secondary N) is 1. The molecule has 1 atom stereocenters. The Morgan fingerprint density at radius 1 is 1.19 bits per heavy atom. The molecule has 2 heterocycles. The van der Waals surface area contributed by atoms with Crippen molar-refractivity contribution in [2.75, 3.05) is 12.1 Å². The molecule has 1 N–H and O–H groups in total. The summed E-state index contributed by atoms with van der Waals surface area (Å²) in [6.07, 6.45) is -1.07. The summed E-state index contributed by atoms with van der Waals surface area (Å²) >= 11 is 12.6. The molecule has 1 amide bonds. The van der Waals surface area contributed by atoms with Gasteiger partial charge in [0.05, 0.1) is 12.2 Å². The van der Waals surface area contributed by atoms with Crippen LogP contribution >= 0.6 is 23.2 Å². The van der Waals surface area contributed by atoms with Crippen LogP contribution in [0.3, 0.4) is 0 Å². The standard InChI is InChI=1S/C22H19Cl2N3O5/c1-12-19(20(24)27(26-12)10-14-5-3-4-6-16(14)23)22(29)32-13(2)21(28)25-15-7-8-17-18(9-15)31-11-30-17/h3-9,13H,10-11H2,1-2H3,(H,25,28). The quantitative estimate of drug-likeness (QED) is 0.529. The minimum absolute atomic E-state index is 0.0986. The van der Waals surface area contributed by atoms with Crippen LogP contribution in [0, 0.1) is 6.92 Å². The van der Waals surface area contributed by atoms with E-state index in [0.29, 0.717) is 27.9 Å². The molecule has 0 saturated carbocycles. The van der Waals surface area contributed by atoms with E-state index in [2.05, 4.69) is 10.4 Å². The molecule has 32 heavy (non-hydrogen) atoms. The molecule has 4 rings (SSSR count). The molecule has 2 aromatic carbocycles. The molecule has 1 aliphatic rings. The molecule has 0 radical (unpaired) electrons. The van der Waals surface area contributed by atoms with Crippen molar-refractivity contribution in [3.63, 3.8) is 0 Å². The summed E-state index contributed by atoms with van der Waals surface area (Å²) in [7, 11) is 0. The third kappa shape index (κ3) is 4.51. The number of hydrogen-bond donors (Lipinski definition) is 1. The second-order valence-corrected chi connectivity index (χ2v) is 7.87. The minimum atomic E-state index is -1.07. The summed E-state index contributed by atoms with van der Waals surface area (Å²) in [5.41, 5.74) is 1.77. The molecular formula is C22H19Cl2N3O5. The van der Waals surface area contributed by atoms with Crippen LogP contribution in [0.1, 0.15) is 28.5 Å². The van der Waals surface area contributed by atoms with Gasteiger partial charge in [0.1, 0.15) is 10.7 Å². The van der Waals surface area contributed by atoms with Crippen LogP contribution < -0.4 is 14.8 Å². The predicted octanol–water partition coefficient (Wildman–Crippen LogP) is 4.46. The summed E-state index contributed by atoms with van der Waals surface area (Å²) in [6.45, 7) is 3.53. The maximum absolute atomic E-state index is 12.7. The lowest BCUT2D eigenvalue weighted by Crippen LogP contribution is -2.30. The van der Waals surface area contributed by atoms with E-state index in [4.69, 9.17) is 37.4 Å². The molecule has 10 heteroatoms. The molecule has 0 bridgehead atoms. The van der Waals surface area contributed by atoms with Gasteiger partial charge in [-0.2, -0.15) is 5.10 Å².